The lowest BCUT2D eigenvalue weighted by molar-refractivity contribution is -0.114. The molecule has 0 aliphatic carbocycles. The molecule has 0 spiro atoms. The zero-order chi connectivity index (χ0) is 19.9. The van der Waals surface area contributed by atoms with E-state index in [2.05, 4.69) is 10.6 Å². The molecule has 0 fully saturated rings. The molecular weight excluding hydrogens is 361 g/mol. The molecule has 2 amide bonds. The zero-order valence-electron chi connectivity index (χ0n) is 14.8. The minimum absolute atomic E-state index is 0.0718. The van der Waals surface area contributed by atoms with Crippen LogP contribution in [0.2, 0.25) is 0 Å². The summed E-state index contributed by atoms with van der Waals surface area (Å²) < 4.78 is 19.4. The third-order valence-corrected chi connectivity index (χ3v) is 3.80. The maximum Gasteiger partial charge on any atom is 0.251 e. The molecule has 0 saturated carbocycles. The smallest absolute Gasteiger partial charge is 0.251 e. The van der Waals surface area contributed by atoms with Crippen LogP contribution < -0.4 is 21.1 Å². The summed E-state index contributed by atoms with van der Waals surface area (Å²) in [6, 6.07) is 20.1. The maximum atomic E-state index is 13.7. The second kappa shape index (κ2) is 8.68. The van der Waals surface area contributed by atoms with Crippen molar-refractivity contribution in [1.82, 2.24) is 0 Å². The molecule has 0 aliphatic rings. The molecule has 0 atom stereocenters. The Morgan fingerprint density at radius 2 is 1.54 bits per heavy atom. The third-order valence-electron chi connectivity index (χ3n) is 3.80. The number of benzene rings is 3. The Morgan fingerprint density at radius 1 is 0.893 bits per heavy atom. The van der Waals surface area contributed by atoms with Gasteiger partial charge in [0.1, 0.15) is 17.3 Å². The molecule has 142 valence electrons. The molecule has 28 heavy (non-hydrogen) atoms. The quantitative estimate of drug-likeness (QED) is 0.583. The fourth-order valence-electron chi connectivity index (χ4n) is 2.44. The monoisotopic (exact) mass is 379 g/mol. The number of anilines is 2. The highest BCUT2D eigenvalue weighted by molar-refractivity contribution is 5.95. The summed E-state index contributed by atoms with van der Waals surface area (Å²) in [5.41, 5.74) is 5.82. The van der Waals surface area contributed by atoms with Crippen molar-refractivity contribution in [2.75, 3.05) is 17.2 Å². The van der Waals surface area contributed by atoms with Gasteiger partial charge < -0.3 is 21.1 Å². The molecule has 4 N–H and O–H groups in total. The molecular formula is C21H18FN3O3. The number of nitrogens with one attached hydrogen (secondary N) is 2. The number of rotatable bonds is 7. The lowest BCUT2D eigenvalue weighted by Gasteiger charge is -2.10. The van der Waals surface area contributed by atoms with Gasteiger partial charge in [-0.05, 0) is 54.6 Å². The summed E-state index contributed by atoms with van der Waals surface area (Å²) in [5.74, 6) is -0.532. The number of carbonyl (C=O) groups is 2. The van der Waals surface area contributed by atoms with Crippen LogP contribution in [0.4, 0.5) is 15.8 Å². The van der Waals surface area contributed by atoms with Crippen molar-refractivity contribution < 1.29 is 18.7 Å². The number of nitrogens with two attached hydrogens (primary N) is 1. The molecule has 0 aliphatic heterocycles. The molecule has 3 aromatic carbocycles. The van der Waals surface area contributed by atoms with Gasteiger partial charge in [0, 0.05) is 11.4 Å². The highest BCUT2D eigenvalue weighted by Crippen LogP contribution is 2.22. The van der Waals surface area contributed by atoms with Crippen molar-refractivity contribution in [3.05, 3.63) is 84.2 Å². The van der Waals surface area contributed by atoms with Gasteiger partial charge >= 0.3 is 0 Å². The van der Waals surface area contributed by atoms with Gasteiger partial charge in [-0.3, -0.25) is 9.59 Å². The standard InChI is InChI=1S/C21H18FN3O3/c22-19-12-15(8-11-18(19)21(23)27)24-13-20(26)25-14-6-9-17(10-7-14)28-16-4-2-1-3-5-16/h1-12,24H,13H2,(H2,23,27)(H,25,26). The van der Waals surface area contributed by atoms with E-state index in [9.17, 15) is 14.0 Å². The van der Waals surface area contributed by atoms with Crippen molar-refractivity contribution in [3.63, 3.8) is 0 Å². The summed E-state index contributed by atoms with van der Waals surface area (Å²) in [4.78, 5) is 23.1. The Hall–Kier alpha value is -3.87. The van der Waals surface area contributed by atoms with Crippen LogP contribution in [0.1, 0.15) is 10.4 Å². The van der Waals surface area contributed by atoms with Crippen molar-refractivity contribution >= 4 is 23.2 Å². The first kappa shape index (κ1) is 18.9. The van der Waals surface area contributed by atoms with Crippen molar-refractivity contribution in [2.24, 2.45) is 5.73 Å². The van der Waals surface area contributed by atoms with E-state index < -0.39 is 11.7 Å². The van der Waals surface area contributed by atoms with E-state index in [1.165, 1.54) is 12.1 Å². The Morgan fingerprint density at radius 3 is 2.18 bits per heavy atom. The van der Waals surface area contributed by atoms with Crippen LogP contribution in [0, 0.1) is 5.82 Å². The van der Waals surface area contributed by atoms with Gasteiger partial charge in [0.15, 0.2) is 0 Å². The topological polar surface area (TPSA) is 93.5 Å². The third kappa shape index (κ3) is 5.07. The summed E-state index contributed by atoms with van der Waals surface area (Å²) in [6.07, 6.45) is 0. The van der Waals surface area contributed by atoms with Crippen LogP contribution in [-0.4, -0.2) is 18.4 Å². The molecule has 0 heterocycles. The van der Waals surface area contributed by atoms with E-state index in [4.69, 9.17) is 10.5 Å². The second-order valence-corrected chi connectivity index (χ2v) is 5.90. The van der Waals surface area contributed by atoms with Crippen LogP contribution in [0.25, 0.3) is 0 Å². The average molecular weight is 379 g/mol. The molecule has 0 radical (unpaired) electrons. The van der Waals surface area contributed by atoms with Crippen molar-refractivity contribution in [1.29, 1.82) is 0 Å². The van der Waals surface area contributed by atoms with E-state index in [-0.39, 0.29) is 18.0 Å². The molecule has 3 aromatic rings. The maximum absolute atomic E-state index is 13.7. The number of amides is 2. The first-order valence-electron chi connectivity index (χ1n) is 8.47. The number of ether oxygens (including phenoxy) is 1. The van der Waals surface area contributed by atoms with Gasteiger partial charge in [-0.2, -0.15) is 0 Å². The van der Waals surface area contributed by atoms with Crippen LogP contribution >= 0.6 is 0 Å². The van der Waals surface area contributed by atoms with E-state index in [0.29, 0.717) is 17.1 Å². The van der Waals surface area contributed by atoms with Crippen molar-refractivity contribution in [3.8, 4) is 11.5 Å². The molecule has 0 aromatic heterocycles. The Balaban J connectivity index is 1.52. The van der Waals surface area contributed by atoms with Crippen molar-refractivity contribution in [2.45, 2.75) is 0 Å². The fraction of sp³-hybridized carbons (Fsp3) is 0.0476. The number of carbonyl (C=O) groups excluding carboxylic acids is 2. The van der Waals surface area contributed by atoms with E-state index >= 15 is 0 Å². The van der Waals surface area contributed by atoms with Crippen LogP contribution in [0.3, 0.4) is 0 Å². The number of primary amides is 1. The van der Waals surface area contributed by atoms with Gasteiger partial charge in [0.2, 0.25) is 5.91 Å². The highest BCUT2D eigenvalue weighted by atomic mass is 19.1. The number of hydrogen-bond acceptors (Lipinski definition) is 4. The first-order valence-corrected chi connectivity index (χ1v) is 8.47. The minimum atomic E-state index is -0.846. The molecule has 3 rings (SSSR count). The van der Waals surface area contributed by atoms with Crippen LogP contribution in [0.15, 0.2) is 72.8 Å². The minimum Gasteiger partial charge on any atom is -0.457 e. The van der Waals surface area contributed by atoms with Gasteiger partial charge in [-0.25, -0.2) is 4.39 Å². The summed E-state index contributed by atoms with van der Waals surface area (Å²) >= 11 is 0. The van der Waals surface area contributed by atoms with E-state index in [0.717, 1.165) is 11.8 Å². The highest BCUT2D eigenvalue weighted by Gasteiger charge is 2.09. The molecule has 7 heteroatoms. The normalized spacial score (nSPS) is 10.2. The second-order valence-electron chi connectivity index (χ2n) is 5.90. The molecule has 0 saturated heterocycles. The average Bonchev–Trinajstić information content (AvgIpc) is 2.68. The molecule has 0 bridgehead atoms. The van der Waals surface area contributed by atoms with Crippen LogP contribution in [-0.2, 0) is 4.79 Å². The van der Waals surface area contributed by atoms with E-state index in [1.807, 2.05) is 30.3 Å². The molecule has 6 nitrogen and oxygen atoms in total. The number of halogens is 1. The summed E-state index contributed by atoms with van der Waals surface area (Å²) in [5, 5.41) is 5.51. The summed E-state index contributed by atoms with van der Waals surface area (Å²) in [7, 11) is 0. The fourth-order valence-corrected chi connectivity index (χ4v) is 2.44. The van der Waals surface area contributed by atoms with Gasteiger partial charge in [-0.15, -0.1) is 0 Å². The predicted molar refractivity (Wildman–Crippen MR) is 105 cm³/mol. The largest absolute Gasteiger partial charge is 0.457 e. The SMILES string of the molecule is NC(=O)c1ccc(NCC(=O)Nc2ccc(Oc3ccccc3)cc2)cc1F. The Kier molecular flexibility index (Phi) is 5.86. The van der Waals surface area contributed by atoms with Gasteiger partial charge in [0.25, 0.3) is 5.91 Å². The zero-order valence-corrected chi connectivity index (χ0v) is 14.8. The molecule has 0 unspecified atom stereocenters. The van der Waals surface area contributed by atoms with Gasteiger partial charge in [-0.1, -0.05) is 18.2 Å². The summed E-state index contributed by atoms with van der Waals surface area (Å²) in [6.45, 7) is -0.0718. The van der Waals surface area contributed by atoms with Gasteiger partial charge in [0.05, 0.1) is 12.1 Å². The Labute approximate surface area is 161 Å². The number of para-hydroxylation sites is 1. The Bertz CT molecular complexity index is 976. The predicted octanol–water partition coefficient (Wildman–Crippen LogP) is 3.77. The van der Waals surface area contributed by atoms with Crippen LogP contribution in [0.5, 0.6) is 11.5 Å². The lowest BCUT2D eigenvalue weighted by atomic mass is 10.2. The lowest BCUT2D eigenvalue weighted by Crippen LogP contribution is -2.22. The first-order chi connectivity index (χ1) is 13.5. The number of hydrogen-bond donors (Lipinski definition) is 3. The van der Waals surface area contributed by atoms with E-state index in [1.54, 1.807) is 24.3 Å².